The van der Waals surface area contributed by atoms with E-state index in [9.17, 15) is 0 Å². The molecule has 0 atom stereocenters. The van der Waals surface area contributed by atoms with Crippen LogP contribution in [0.4, 0.5) is 11.4 Å². The Hall–Kier alpha value is -3.25. The first-order valence-electron chi connectivity index (χ1n) is 10.5. The summed E-state index contributed by atoms with van der Waals surface area (Å²) in [6.07, 6.45) is 5.38. The number of nitrogen functional groups attached to an aromatic ring is 1. The number of anilines is 2. The van der Waals surface area contributed by atoms with Gasteiger partial charge in [0, 0.05) is 47.2 Å². The third-order valence-corrected chi connectivity index (χ3v) is 5.64. The van der Waals surface area contributed by atoms with Gasteiger partial charge in [-0.2, -0.15) is 0 Å². The number of hydrogen-bond donors (Lipinski definition) is 2. The van der Waals surface area contributed by atoms with Crippen LogP contribution in [-0.4, -0.2) is 20.6 Å². The number of hydrogen-bond acceptors (Lipinski definition) is 5. The first-order valence-corrected chi connectivity index (χ1v) is 10.8. The van der Waals surface area contributed by atoms with Crippen molar-refractivity contribution in [2.75, 3.05) is 11.1 Å². The zero-order chi connectivity index (χ0) is 21.5. The molecule has 1 aliphatic carbocycles. The third kappa shape index (κ3) is 3.79. The summed E-state index contributed by atoms with van der Waals surface area (Å²) in [5, 5.41) is 4.68. The molecule has 5 rings (SSSR count). The molecular weight excluding hydrogens is 410 g/mol. The molecule has 0 saturated heterocycles. The monoisotopic (exact) mass is 433 g/mol. The highest BCUT2D eigenvalue weighted by Gasteiger charge is 2.30. The Kier molecular flexibility index (Phi) is 4.94. The maximum Gasteiger partial charge on any atom is 0.257 e. The van der Waals surface area contributed by atoms with Crippen LogP contribution < -0.4 is 15.8 Å². The van der Waals surface area contributed by atoms with Crippen molar-refractivity contribution in [1.82, 2.24) is 14.5 Å². The second kappa shape index (κ2) is 7.78. The Balaban J connectivity index is 1.58. The maximum atomic E-state index is 6.66. The van der Waals surface area contributed by atoms with Gasteiger partial charge in [-0.1, -0.05) is 23.7 Å². The van der Waals surface area contributed by atoms with E-state index in [0.717, 1.165) is 46.4 Å². The second-order valence-electron chi connectivity index (χ2n) is 8.17. The minimum atomic E-state index is 0.232. The Morgan fingerprint density at radius 3 is 2.52 bits per heavy atom. The quantitative estimate of drug-likeness (QED) is 0.374. The van der Waals surface area contributed by atoms with E-state index in [1.165, 1.54) is 6.20 Å². The number of halogens is 1. The van der Waals surface area contributed by atoms with E-state index in [1.54, 1.807) is 6.20 Å². The molecule has 2 aromatic heterocycles. The van der Waals surface area contributed by atoms with Crippen molar-refractivity contribution < 1.29 is 4.74 Å². The first-order chi connectivity index (χ1) is 15.0. The highest BCUT2D eigenvalue weighted by Crippen LogP contribution is 2.47. The van der Waals surface area contributed by atoms with Crippen LogP contribution in [0.2, 0.25) is 5.15 Å². The van der Waals surface area contributed by atoms with E-state index in [0.29, 0.717) is 17.8 Å². The van der Waals surface area contributed by atoms with Crippen LogP contribution in [0.3, 0.4) is 0 Å². The number of nitrogens with two attached hydrogens (primary N) is 1. The lowest BCUT2D eigenvalue weighted by molar-refractivity contribution is 0.461. The fraction of sp³-hybridized carbons (Fsp3) is 0.250. The zero-order valence-corrected chi connectivity index (χ0v) is 18.2. The molecule has 1 saturated carbocycles. The van der Waals surface area contributed by atoms with Gasteiger partial charge in [0.1, 0.15) is 5.75 Å². The van der Waals surface area contributed by atoms with E-state index in [1.807, 2.05) is 18.2 Å². The van der Waals surface area contributed by atoms with Crippen molar-refractivity contribution in [1.29, 1.82) is 0 Å². The van der Waals surface area contributed by atoms with Crippen molar-refractivity contribution in [2.45, 2.75) is 38.8 Å². The van der Waals surface area contributed by atoms with Crippen LogP contribution in [0, 0.1) is 0 Å². The molecule has 4 aromatic rings. The number of nitrogens with zero attached hydrogens (tertiary/aromatic N) is 3. The van der Waals surface area contributed by atoms with Gasteiger partial charge >= 0.3 is 0 Å². The lowest BCUT2D eigenvalue weighted by Gasteiger charge is -2.13. The van der Waals surface area contributed by atoms with Crippen LogP contribution in [-0.2, 0) is 0 Å². The fourth-order valence-electron chi connectivity index (χ4n) is 3.93. The molecule has 0 unspecified atom stereocenters. The molecule has 2 heterocycles. The lowest BCUT2D eigenvalue weighted by Crippen LogP contribution is -2.09. The summed E-state index contributed by atoms with van der Waals surface area (Å²) in [6, 6.07) is 15.2. The summed E-state index contributed by atoms with van der Waals surface area (Å²) in [4.78, 5) is 8.19. The van der Waals surface area contributed by atoms with Crippen molar-refractivity contribution in [3.8, 4) is 22.9 Å². The zero-order valence-electron chi connectivity index (χ0n) is 17.5. The summed E-state index contributed by atoms with van der Waals surface area (Å²) in [5.41, 5.74) is 11.8. The molecule has 2 aromatic carbocycles. The molecule has 0 radical (unpaired) electrons. The highest BCUT2D eigenvalue weighted by atomic mass is 35.5. The standard InChI is InChI=1S/C24H24ClN5O/c1-14(2)29-16-5-3-15(4-6-16)22-21(26)19-10-9-18(13-20(19)30(22)17-7-8-17)31-24-23(25)27-11-12-28-24/h3-6,9-14,17,29H,7-8,26H2,1-2H3. The van der Waals surface area contributed by atoms with Gasteiger partial charge in [-0.15, -0.1) is 0 Å². The molecule has 3 N–H and O–H groups in total. The van der Waals surface area contributed by atoms with Gasteiger partial charge in [0.25, 0.3) is 5.88 Å². The van der Waals surface area contributed by atoms with Gasteiger partial charge in [0.05, 0.1) is 16.9 Å². The average Bonchev–Trinajstić information content (AvgIpc) is 3.54. The topological polar surface area (TPSA) is 78.0 Å². The number of rotatable bonds is 6. The number of ether oxygens (including phenoxy) is 1. The van der Waals surface area contributed by atoms with Crippen LogP contribution in [0.5, 0.6) is 11.6 Å². The lowest BCUT2D eigenvalue weighted by atomic mass is 10.1. The Morgan fingerprint density at radius 2 is 1.84 bits per heavy atom. The van der Waals surface area contributed by atoms with Crippen LogP contribution in [0.15, 0.2) is 54.9 Å². The third-order valence-electron chi connectivity index (χ3n) is 5.38. The molecule has 0 spiro atoms. The molecule has 0 amide bonds. The molecular formula is C24H24ClN5O. The van der Waals surface area contributed by atoms with E-state index >= 15 is 0 Å². The van der Waals surface area contributed by atoms with Crippen LogP contribution >= 0.6 is 11.6 Å². The molecule has 0 bridgehead atoms. The molecule has 158 valence electrons. The number of fused-ring (bicyclic) bond motifs is 1. The fourth-order valence-corrected chi connectivity index (χ4v) is 4.08. The predicted octanol–water partition coefficient (Wildman–Crippen LogP) is 6.28. The molecule has 7 heteroatoms. The first kappa shape index (κ1) is 19.7. The van der Waals surface area contributed by atoms with E-state index < -0.39 is 0 Å². The Labute approximate surface area is 186 Å². The van der Waals surface area contributed by atoms with E-state index in [2.05, 4.69) is 58.0 Å². The number of aromatic nitrogens is 3. The van der Waals surface area contributed by atoms with Gasteiger partial charge in [-0.05, 0) is 51.0 Å². The number of benzene rings is 2. The smallest absolute Gasteiger partial charge is 0.257 e. The van der Waals surface area contributed by atoms with Crippen LogP contribution in [0.25, 0.3) is 22.2 Å². The summed E-state index contributed by atoms with van der Waals surface area (Å²) in [5.74, 6) is 0.937. The van der Waals surface area contributed by atoms with Gasteiger partial charge in [0.15, 0.2) is 5.15 Å². The van der Waals surface area contributed by atoms with Crippen molar-refractivity contribution in [3.63, 3.8) is 0 Å². The number of nitrogens with one attached hydrogen (secondary N) is 1. The minimum absolute atomic E-state index is 0.232. The average molecular weight is 434 g/mol. The molecule has 1 fully saturated rings. The Bertz CT molecular complexity index is 1250. The van der Waals surface area contributed by atoms with Crippen LogP contribution in [0.1, 0.15) is 32.7 Å². The van der Waals surface area contributed by atoms with E-state index in [-0.39, 0.29) is 11.0 Å². The highest BCUT2D eigenvalue weighted by molar-refractivity contribution is 6.30. The summed E-state index contributed by atoms with van der Waals surface area (Å²) in [7, 11) is 0. The Morgan fingerprint density at radius 1 is 1.10 bits per heavy atom. The van der Waals surface area contributed by atoms with Gasteiger partial charge in [-0.3, -0.25) is 0 Å². The molecule has 6 nitrogen and oxygen atoms in total. The SMILES string of the molecule is CC(C)Nc1ccc(-c2c(N)c3ccc(Oc4nccnc4Cl)cc3n2C2CC2)cc1. The normalized spacial score (nSPS) is 13.7. The summed E-state index contributed by atoms with van der Waals surface area (Å²) in [6.45, 7) is 4.26. The van der Waals surface area contributed by atoms with Crippen molar-refractivity contribution in [3.05, 3.63) is 60.0 Å². The molecule has 0 aliphatic heterocycles. The van der Waals surface area contributed by atoms with Crippen molar-refractivity contribution in [2.24, 2.45) is 0 Å². The molecule has 31 heavy (non-hydrogen) atoms. The second-order valence-corrected chi connectivity index (χ2v) is 8.53. The maximum absolute atomic E-state index is 6.66. The predicted molar refractivity (Wildman–Crippen MR) is 126 cm³/mol. The van der Waals surface area contributed by atoms with Gasteiger partial charge in [-0.25, -0.2) is 9.97 Å². The summed E-state index contributed by atoms with van der Waals surface area (Å²) < 4.78 is 8.26. The summed E-state index contributed by atoms with van der Waals surface area (Å²) >= 11 is 6.11. The largest absolute Gasteiger partial charge is 0.436 e. The van der Waals surface area contributed by atoms with Crippen molar-refractivity contribution >= 4 is 33.9 Å². The molecule has 1 aliphatic rings. The minimum Gasteiger partial charge on any atom is -0.436 e. The van der Waals surface area contributed by atoms with E-state index in [4.69, 9.17) is 22.1 Å². The van der Waals surface area contributed by atoms with Gasteiger partial charge < -0.3 is 20.4 Å². The van der Waals surface area contributed by atoms with Gasteiger partial charge in [0.2, 0.25) is 0 Å².